The summed E-state index contributed by atoms with van der Waals surface area (Å²) < 4.78 is 23.2. The third kappa shape index (κ3) is 3.45. The highest BCUT2D eigenvalue weighted by Gasteiger charge is 2.51. The Labute approximate surface area is 185 Å². The van der Waals surface area contributed by atoms with Crippen LogP contribution in [-0.4, -0.2) is 13.0 Å². The molecule has 1 aliphatic heterocycles. The molecule has 3 aromatic carbocycles. The van der Waals surface area contributed by atoms with Gasteiger partial charge < -0.3 is 14.8 Å². The molecule has 3 aromatic rings. The van der Waals surface area contributed by atoms with E-state index in [9.17, 15) is 9.18 Å². The van der Waals surface area contributed by atoms with Crippen molar-refractivity contribution in [1.82, 2.24) is 0 Å². The van der Waals surface area contributed by atoms with Crippen LogP contribution >= 0.6 is 11.9 Å². The molecule has 31 heavy (non-hydrogen) atoms. The van der Waals surface area contributed by atoms with Crippen molar-refractivity contribution in [3.8, 4) is 5.75 Å². The average Bonchev–Trinajstić information content (AvgIpc) is 3.06. The molecule has 0 saturated heterocycles. The minimum absolute atomic E-state index is 0.0677. The van der Waals surface area contributed by atoms with Gasteiger partial charge in [-0.05, 0) is 71.8 Å². The molecule has 2 N–H and O–H groups in total. The Morgan fingerprint density at radius 2 is 1.87 bits per heavy atom. The van der Waals surface area contributed by atoms with Crippen molar-refractivity contribution in [1.29, 1.82) is 0 Å². The number of hydrogen-bond acceptors (Lipinski definition) is 4. The Morgan fingerprint density at radius 1 is 1.10 bits per heavy atom. The van der Waals surface area contributed by atoms with E-state index in [4.69, 9.17) is 4.74 Å². The Morgan fingerprint density at radius 3 is 2.61 bits per heavy atom. The van der Waals surface area contributed by atoms with Crippen LogP contribution in [0.2, 0.25) is 0 Å². The second kappa shape index (κ2) is 7.93. The van der Waals surface area contributed by atoms with Crippen LogP contribution in [0.25, 0.3) is 0 Å². The zero-order valence-corrected chi connectivity index (χ0v) is 18.0. The van der Waals surface area contributed by atoms with E-state index >= 15 is 0 Å². The lowest BCUT2D eigenvalue weighted by atomic mass is 9.65. The van der Waals surface area contributed by atoms with Gasteiger partial charge in [-0.3, -0.25) is 4.79 Å². The number of nitrogens with one attached hydrogen (secondary N) is 2. The minimum Gasteiger partial charge on any atom is -0.496 e. The van der Waals surface area contributed by atoms with Crippen LogP contribution in [0.15, 0.2) is 65.6 Å². The van der Waals surface area contributed by atoms with Crippen LogP contribution < -0.4 is 14.8 Å². The van der Waals surface area contributed by atoms with E-state index in [-0.39, 0.29) is 11.7 Å². The van der Waals surface area contributed by atoms with Gasteiger partial charge in [0.1, 0.15) is 11.6 Å². The number of carbonyl (C=O) groups excluding carboxylic acids is 1. The molecule has 1 fully saturated rings. The Hall–Kier alpha value is -2.99. The number of para-hydroxylation sites is 1. The average molecular weight is 435 g/mol. The predicted molar refractivity (Wildman–Crippen MR) is 122 cm³/mol. The summed E-state index contributed by atoms with van der Waals surface area (Å²) in [6.45, 7) is 0. The Kier molecular flexibility index (Phi) is 5.10. The van der Waals surface area contributed by atoms with E-state index in [0.29, 0.717) is 12.0 Å². The third-order valence-electron chi connectivity index (χ3n) is 6.30. The molecule has 2 aliphatic rings. The highest BCUT2D eigenvalue weighted by molar-refractivity contribution is 8.00. The van der Waals surface area contributed by atoms with Gasteiger partial charge in [0.05, 0.1) is 17.4 Å². The molecular formula is C25H23FN2O2S. The van der Waals surface area contributed by atoms with Crippen LogP contribution in [0.1, 0.15) is 36.0 Å². The van der Waals surface area contributed by atoms with Crippen molar-refractivity contribution in [3.05, 3.63) is 83.2 Å². The lowest BCUT2D eigenvalue weighted by Crippen LogP contribution is -2.40. The summed E-state index contributed by atoms with van der Waals surface area (Å²) in [5.41, 5.74) is 3.86. The number of benzene rings is 3. The van der Waals surface area contributed by atoms with Crippen LogP contribution in [0, 0.1) is 5.82 Å². The van der Waals surface area contributed by atoms with Crippen LogP contribution in [0.4, 0.5) is 15.8 Å². The van der Waals surface area contributed by atoms with Gasteiger partial charge in [0, 0.05) is 17.8 Å². The molecule has 0 aromatic heterocycles. The summed E-state index contributed by atoms with van der Waals surface area (Å²) in [7, 11) is 1.65. The Bertz CT molecular complexity index is 1160. The van der Waals surface area contributed by atoms with Gasteiger partial charge in [-0.1, -0.05) is 36.8 Å². The summed E-state index contributed by atoms with van der Waals surface area (Å²) >= 11 is 1.46. The zero-order valence-electron chi connectivity index (χ0n) is 17.2. The maximum absolute atomic E-state index is 14.4. The SMILES string of the molecule is COc1ccccc1SNc1cc(Cc2ccccc2F)c2c(c1)C1(CCC1)C(=O)N2. The van der Waals surface area contributed by atoms with E-state index in [1.807, 2.05) is 36.4 Å². The fraction of sp³-hybridized carbons (Fsp3) is 0.240. The largest absolute Gasteiger partial charge is 0.496 e. The fourth-order valence-electron chi connectivity index (χ4n) is 4.47. The molecule has 1 saturated carbocycles. The van der Waals surface area contributed by atoms with Gasteiger partial charge in [0.2, 0.25) is 5.91 Å². The first-order chi connectivity index (χ1) is 15.1. The molecule has 5 rings (SSSR count). The number of fused-ring (bicyclic) bond motifs is 2. The summed E-state index contributed by atoms with van der Waals surface area (Å²) in [5, 5.41) is 3.10. The van der Waals surface area contributed by atoms with E-state index in [2.05, 4.69) is 16.1 Å². The monoisotopic (exact) mass is 434 g/mol. The smallest absolute Gasteiger partial charge is 0.235 e. The minimum atomic E-state index is -0.438. The maximum Gasteiger partial charge on any atom is 0.235 e. The molecule has 1 aliphatic carbocycles. The molecule has 1 spiro atoms. The van der Waals surface area contributed by atoms with Crippen LogP contribution in [-0.2, 0) is 16.6 Å². The Balaban J connectivity index is 1.52. The summed E-state index contributed by atoms with van der Waals surface area (Å²) in [4.78, 5) is 13.8. The highest BCUT2D eigenvalue weighted by Crippen LogP contribution is 2.53. The van der Waals surface area contributed by atoms with Gasteiger partial charge in [-0.2, -0.15) is 0 Å². The second-order valence-corrected chi connectivity index (χ2v) is 8.92. The van der Waals surface area contributed by atoms with Gasteiger partial charge in [0.15, 0.2) is 0 Å². The van der Waals surface area contributed by atoms with Crippen molar-refractivity contribution < 1.29 is 13.9 Å². The van der Waals surface area contributed by atoms with Crippen molar-refractivity contribution >= 4 is 29.2 Å². The normalized spacial score (nSPS) is 15.9. The third-order valence-corrected chi connectivity index (χ3v) is 7.20. The number of rotatable bonds is 6. The van der Waals surface area contributed by atoms with E-state index in [1.54, 1.807) is 19.2 Å². The standard InChI is InChI=1S/C25H23FN2O2S/c1-30-21-9-4-5-10-22(21)31-28-18-14-17(13-16-7-2-3-8-20(16)26)23-19(15-18)25(11-6-12-25)24(29)27-23/h2-5,7-10,14-15,28H,6,11-13H2,1H3,(H,27,29). The van der Waals surface area contributed by atoms with E-state index in [0.717, 1.165) is 52.4 Å². The number of halogens is 1. The van der Waals surface area contributed by atoms with Gasteiger partial charge >= 0.3 is 0 Å². The molecule has 6 heteroatoms. The molecule has 1 amide bonds. The molecule has 158 valence electrons. The van der Waals surface area contributed by atoms with E-state index in [1.165, 1.54) is 18.0 Å². The van der Waals surface area contributed by atoms with Crippen molar-refractivity contribution in [2.45, 2.75) is 36.0 Å². The lowest BCUT2D eigenvalue weighted by molar-refractivity contribution is -0.123. The fourth-order valence-corrected chi connectivity index (χ4v) is 5.22. The van der Waals surface area contributed by atoms with Gasteiger partial charge in [-0.25, -0.2) is 4.39 Å². The van der Waals surface area contributed by atoms with E-state index < -0.39 is 5.41 Å². The molecule has 0 unspecified atom stereocenters. The number of carbonyl (C=O) groups is 1. The molecular weight excluding hydrogens is 411 g/mol. The van der Waals surface area contributed by atoms with Crippen molar-refractivity contribution in [2.75, 3.05) is 17.1 Å². The predicted octanol–water partition coefficient (Wildman–Crippen LogP) is 5.92. The number of hydrogen-bond donors (Lipinski definition) is 2. The molecule has 4 nitrogen and oxygen atoms in total. The quantitative estimate of drug-likeness (QED) is 0.473. The summed E-state index contributed by atoms with van der Waals surface area (Å²) in [6, 6.07) is 18.7. The summed E-state index contributed by atoms with van der Waals surface area (Å²) in [6.07, 6.45) is 3.17. The topological polar surface area (TPSA) is 50.4 Å². The van der Waals surface area contributed by atoms with Crippen LogP contribution in [0.5, 0.6) is 5.75 Å². The first-order valence-corrected chi connectivity index (χ1v) is 11.2. The number of methoxy groups -OCH3 is 1. The van der Waals surface area contributed by atoms with Crippen molar-refractivity contribution in [2.24, 2.45) is 0 Å². The first-order valence-electron chi connectivity index (χ1n) is 10.4. The van der Waals surface area contributed by atoms with Crippen molar-refractivity contribution in [3.63, 3.8) is 0 Å². The second-order valence-electron chi connectivity index (χ2n) is 8.07. The molecule has 0 atom stereocenters. The van der Waals surface area contributed by atoms with Gasteiger partial charge in [0.25, 0.3) is 0 Å². The van der Waals surface area contributed by atoms with Crippen LogP contribution in [0.3, 0.4) is 0 Å². The number of amides is 1. The summed E-state index contributed by atoms with van der Waals surface area (Å²) in [5.74, 6) is 0.624. The highest BCUT2D eigenvalue weighted by atomic mass is 32.2. The molecule has 1 heterocycles. The number of ether oxygens (including phenoxy) is 1. The van der Waals surface area contributed by atoms with Gasteiger partial charge in [-0.15, -0.1) is 0 Å². The molecule has 0 bridgehead atoms. The lowest BCUT2D eigenvalue weighted by Gasteiger charge is -2.36. The maximum atomic E-state index is 14.4. The first kappa shape index (κ1) is 19.9. The zero-order chi connectivity index (χ0) is 21.4. The molecule has 0 radical (unpaired) electrons. The number of anilines is 2.